The Hall–Kier alpha value is -2.24. The van der Waals surface area contributed by atoms with E-state index in [9.17, 15) is 9.18 Å². The third kappa shape index (κ3) is 3.10. The van der Waals surface area contributed by atoms with E-state index in [4.69, 9.17) is 0 Å². The maximum absolute atomic E-state index is 13.3. The topological polar surface area (TPSA) is 70.7 Å². The zero-order valence-corrected chi connectivity index (χ0v) is 8.98. The van der Waals surface area contributed by atoms with Crippen molar-refractivity contribution in [2.24, 2.45) is 0 Å². The molecule has 0 aliphatic carbocycles. The molecule has 0 unspecified atom stereocenters. The molecule has 0 atom stereocenters. The van der Waals surface area contributed by atoms with Gasteiger partial charge in [-0.3, -0.25) is 10.1 Å². The Morgan fingerprint density at radius 3 is 2.94 bits per heavy atom. The van der Waals surface area contributed by atoms with Crippen molar-refractivity contribution in [2.75, 3.05) is 5.32 Å². The van der Waals surface area contributed by atoms with E-state index in [1.54, 1.807) is 18.2 Å². The highest BCUT2D eigenvalue weighted by Gasteiger charge is 2.06. The van der Waals surface area contributed by atoms with Crippen LogP contribution >= 0.6 is 0 Å². The van der Waals surface area contributed by atoms with Crippen molar-refractivity contribution in [3.8, 4) is 0 Å². The first-order valence-electron chi connectivity index (χ1n) is 5.14. The molecule has 2 N–H and O–H groups in total. The molecule has 0 aliphatic heterocycles. The van der Waals surface area contributed by atoms with Gasteiger partial charge in [-0.25, -0.2) is 9.49 Å². The fraction of sp³-hybridized carbons (Fsp3) is 0.182. The van der Waals surface area contributed by atoms with E-state index >= 15 is 0 Å². The third-order valence-corrected chi connectivity index (χ3v) is 2.25. The lowest BCUT2D eigenvalue weighted by atomic mass is 10.1. The largest absolute Gasteiger partial charge is 0.295 e. The molecule has 0 fully saturated rings. The molecule has 0 saturated heterocycles. The number of H-pyrrole nitrogens is 1. The van der Waals surface area contributed by atoms with Crippen molar-refractivity contribution in [3.05, 3.63) is 42.0 Å². The van der Waals surface area contributed by atoms with Crippen LogP contribution in [0.1, 0.15) is 12.0 Å². The van der Waals surface area contributed by atoms with Crippen LogP contribution < -0.4 is 5.32 Å². The Labute approximate surface area is 97.1 Å². The number of benzene rings is 1. The standard InChI is InChI=1S/C11H11FN4O/c12-9-4-2-1-3-8(9)5-6-10(17)15-11-13-7-14-16-11/h1-4,7H,5-6H2,(H2,13,14,15,16,17). The van der Waals surface area contributed by atoms with Crippen molar-refractivity contribution in [3.63, 3.8) is 0 Å². The van der Waals surface area contributed by atoms with Crippen molar-refractivity contribution >= 4 is 11.9 Å². The number of aromatic amines is 1. The van der Waals surface area contributed by atoms with Crippen molar-refractivity contribution in [2.45, 2.75) is 12.8 Å². The Balaban J connectivity index is 1.86. The van der Waals surface area contributed by atoms with Crippen molar-refractivity contribution < 1.29 is 9.18 Å². The van der Waals surface area contributed by atoms with E-state index in [2.05, 4.69) is 20.5 Å². The van der Waals surface area contributed by atoms with Gasteiger partial charge in [0, 0.05) is 6.42 Å². The Morgan fingerprint density at radius 2 is 2.24 bits per heavy atom. The highest BCUT2D eigenvalue weighted by molar-refractivity contribution is 5.88. The predicted octanol–water partition coefficient (Wildman–Crippen LogP) is 1.52. The van der Waals surface area contributed by atoms with Crippen LogP contribution in [-0.2, 0) is 11.2 Å². The fourth-order valence-corrected chi connectivity index (χ4v) is 1.41. The van der Waals surface area contributed by atoms with Crippen LogP contribution in [0.25, 0.3) is 0 Å². The van der Waals surface area contributed by atoms with Crippen molar-refractivity contribution in [1.82, 2.24) is 15.2 Å². The summed E-state index contributed by atoms with van der Waals surface area (Å²) in [5.74, 6) is -0.228. The Bertz CT molecular complexity index is 498. The van der Waals surface area contributed by atoms with Gasteiger partial charge in [0.25, 0.3) is 0 Å². The SMILES string of the molecule is O=C(CCc1ccccc1F)Nc1ncn[nH]1. The summed E-state index contributed by atoms with van der Waals surface area (Å²) in [7, 11) is 0. The van der Waals surface area contributed by atoms with E-state index in [0.717, 1.165) is 0 Å². The van der Waals surface area contributed by atoms with Gasteiger partial charge in [0.2, 0.25) is 11.9 Å². The minimum atomic E-state index is -0.292. The number of hydrogen-bond donors (Lipinski definition) is 2. The summed E-state index contributed by atoms with van der Waals surface area (Å²) in [5.41, 5.74) is 0.528. The maximum Gasteiger partial charge on any atom is 0.227 e. The highest BCUT2D eigenvalue weighted by Crippen LogP contribution is 2.09. The van der Waals surface area contributed by atoms with Gasteiger partial charge in [0.15, 0.2) is 0 Å². The summed E-state index contributed by atoms with van der Waals surface area (Å²) in [6.07, 6.45) is 1.85. The summed E-state index contributed by atoms with van der Waals surface area (Å²) >= 11 is 0. The molecule has 17 heavy (non-hydrogen) atoms. The van der Waals surface area contributed by atoms with E-state index in [1.807, 2.05) is 0 Å². The molecular weight excluding hydrogens is 223 g/mol. The number of rotatable bonds is 4. The van der Waals surface area contributed by atoms with Gasteiger partial charge >= 0.3 is 0 Å². The van der Waals surface area contributed by atoms with Gasteiger partial charge in [0.05, 0.1) is 0 Å². The minimum Gasteiger partial charge on any atom is -0.295 e. The van der Waals surface area contributed by atoms with E-state index < -0.39 is 0 Å². The van der Waals surface area contributed by atoms with E-state index in [0.29, 0.717) is 17.9 Å². The lowest BCUT2D eigenvalue weighted by Gasteiger charge is -2.03. The van der Waals surface area contributed by atoms with Crippen LogP contribution in [0.3, 0.4) is 0 Å². The summed E-state index contributed by atoms with van der Waals surface area (Å²) in [4.78, 5) is 15.2. The van der Waals surface area contributed by atoms with Crippen LogP contribution in [0.5, 0.6) is 0 Å². The molecule has 88 valence electrons. The zero-order chi connectivity index (χ0) is 12.1. The van der Waals surface area contributed by atoms with Crippen LogP contribution in [0.4, 0.5) is 10.3 Å². The maximum atomic E-state index is 13.3. The number of carbonyl (C=O) groups excluding carboxylic acids is 1. The minimum absolute atomic E-state index is 0.196. The molecule has 1 aromatic heterocycles. The zero-order valence-electron chi connectivity index (χ0n) is 8.98. The lowest BCUT2D eigenvalue weighted by molar-refractivity contribution is -0.116. The first-order chi connectivity index (χ1) is 8.25. The predicted molar refractivity (Wildman–Crippen MR) is 59.7 cm³/mol. The monoisotopic (exact) mass is 234 g/mol. The number of anilines is 1. The van der Waals surface area contributed by atoms with E-state index in [1.165, 1.54) is 12.4 Å². The molecule has 1 amide bonds. The first kappa shape index (κ1) is 11.3. The van der Waals surface area contributed by atoms with Crippen LogP contribution in [0.15, 0.2) is 30.6 Å². The number of carbonyl (C=O) groups is 1. The van der Waals surface area contributed by atoms with Crippen LogP contribution in [0, 0.1) is 5.82 Å². The lowest BCUT2D eigenvalue weighted by Crippen LogP contribution is -2.13. The molecule has 2 aromatic rings. The summed E-state index contributed by atoms with van der Waals surface area (Å²) in [6.45, 7) is 0. The third-order valence-electron chi connectivity index (χ3n) is 2.25. The molecule has 0 spiro atoms. The Morgan fingerprint density at radius 1 is 1.41 bits per heavy atom. The molecule has 0 bridgehead atoms. The summed E-state index contributed by atoms with van der Waals surface area (Å²) in [5, 5.41) is 8.63. The van der Waals surface area contributed by atoms with Gasteiger partial charge in [-0.2, -0.15) is 10.1 Å². The average Bonchev–Trinajstić information content (AvgIpc) is 2.81. The molecule has 1 heterocycles. The normalized spacial score (nSPS) is 10.2. The molecule has 6 heteroatoms. The molecule has 0 saturated carbocycles. The number of aryl methyl sites for hydroxylation is 1. The van der Waals surface area contributed by atoms with Gasteiger partial charge in [-0.15, -0.1) is 0 Å². The number of halogens is 1. The number of nitrogens with one attached hydrogen (secondary N) is 2. The quantitative estimate of drug-likeness (QED) is 0.842. The summed E-state index contributed by atoms with van der Waals surface area (Å²) < 4.78 is 13.3. The molecule has 0 aliphatic rings. The van der Waals surface area contributed by atoms with Crippen LogP contribution in [0.2, 0.25) is 0 Å². The number of hydrogen-bond acceptors (Lipinski definition) is 3. The highest BCUT2D eigenvalue weighted by atomic mass is 19.1. The summed E-state index contributed by atoms with van der Waals surface area (Å²) in [6, 6.07) is 6.40. The van der Waals surface area contributed by atoms with Crippen molar-refractivity contribution in [1.29, 1.82) is 0 Å². The average molecular weight is 234 g/mol. The fourth-order valence-electron chi connectivity index (χ4n) is 1.41. The number of aromatic nitrogens is 3. The van der Waals surface area contributed by atoms with Gasteiger partial charge in [-0.05, 0) is 18.1 Å². The second kappa shape index (κ2) is 5.20. The molecular formula is C11H11FN4O. The molecule has 5 nitrogen and oxygen atoms in total. The Kier molecular flexibility index (Phi) is 3.44. The second-order valence-corrected chi connectivity index (χ2v) is 3.47. The van der Waals surface area contributed by atoms with Gasteiger partial charge in [-0.1, -0.05) is 18.2 Å². The van der Waals surface area contributed by atoms with Gasteiger partial charge < -0.3 is 0 Å². The first-order valence-corrected chi connectivity index (χ1v) is 5.14. The second-order valence-electron chi connectivity index (χ2n) is 3.47. The number of nitrogens with zero attached hydrogens (tertiary/aromatic N) is 2. The van der Waals surface area contributed by atoms with E-state index in [-0.39, 0.29) is 18.1 Å². The van der Waals surface area contributed by atoms with Gasteiger partial charge in [0.1, 0.15) is 12.1 Å². The smallest absolute Gasteiger partial charge is 0.227 e. The molecule has 0 radical (unpaired) electrons. The van der Waals surface area contributed by atoms with Crippen LogP contribution in [-0.4, -0.2) is 21.1 Å². The number of amides is 1. The molecule has 2 rings (SSSR count). The molecule has 1 aromatic carbocycles.